The zero-order valence-corrected chi connectivity index (χ0v) is 12.9. The maximum atomic E-state index is 13.0. The lowest BCUT2D eigenvalue weighted by Gasteiger charge is -2.43. The van der Waals surface area contributed by atoms with E-state index in [-0.39, 0.29) is 11.4 Å². The van der Waals surface area contributed by atoms with Crippen molar-refractivity contribution in [2.75, 3.05) is 39.8 Å². The van der Waals surface area contributed by atoms with Gasteiger partial charge in [-0.2, -0.15) is 4.39 Å². The monoisotopic (exact) mass is 294 g/mol. The van der Waals surface area contributed by atoms with E-state index in [1.54, 1.807) is 0 Å². The number of carbonyl (C=O) groups is 1. The topological polar surface area (TPSA) is 48.5 Å². The molecule has 6 heteroatoms. The van der Waals surface area contributed by atoms with Crippen LogP contribution >= 0.6 is 0 Å². The first-order chi connectivity index (χ1) is 9.88. The van der Waals surface area contributed by atoms with Crippen LogP contribution in [0, 0.1) is 5.95 Å². The highest BCUT2D eigenvalue weighted by molar-refractivity contribution is 5.94. The Hall–Kier alpha value is -1.53. The van der Waals surface area contributed by atoms with Gasteiger partial charge in [0.25, 0.3) is 5.91 Å². The van der Waals surface area contributed by atoms with E-state index in [1.807, 2.05) is 0 Å². The van der Waals surface area contributed by atoms with Gasteiger partial charge in [0.05, 0.1) is 0 Å². The SMILES string of the molecule is CN1CCN(C(C)(C)CNC(=O)c2ccnc(F)c2)CC1. The van der Waals surface area contributed by atoms with Crippen molar-refractivity contribution in [2.45, 2.75) is 19.4 Å². The van der Waals surface area contributed by atoms with E-state index in [9.17, 15) is 9.18 Å². The number of nitrogens with one attached hydrogen (secondary N) is 1. The molecule has 0 atom stereocenters. The van der Waals surface area contributed by atoms with Crippen LogP contribution in [-0.4, -0.2) is 66.0 Å². The number of pyridine rings is 1. The molecule has 1 aromatic rings. The van der Waals surface area contributed by atoms with Crippen LogP contribution in [0.25, 0.3) is 0 Å². The molecule has 1 N–H and O–H groups in total. The molecule has 1 aliphatic heterocycles. The zero-order chi connectivity index (χ0) is 15.5. The molecule has 0 saturated carbocycles. The molecule has 1 saturated heterocycles. The second kappa shape index (κ2) is 6.49. The molecule has 21 heavy (non-hydrogen) atoms. The number of hydrogen-bond acceptors (Lipinski definition) is 4. The van der Waals surface area contributed by atoms with Crippen molar-refractivity contribution in [1.29, 1.82) is 0 Å². The molecular weight excluding hydrogens is 271 g/mol. The third-order valence-electron chi connectivity index (χ3n) is 4.03. The molecule has 116 valence electrons. The van der Waals surface area contributed by atoms with E-state index in [2.05, 4.69) is 41.0 Å². The molecule has 1 aromatic heterocycles. The van der Waals surface area contributed by atoms with Gasteiger partial charge in [-0.3, -0.25) is 9.69 Å². The summed E-state index contributed by atoms with van der Waals surface area (Å²) in [7, 11) is 2.12. The average molecular weight is 294 g/mol. The third-order valence-corrected chi connectivity index (χ3v) is 4.03. The summed E-state index contributed by atoms with van der Waals surface area (Å²) in [5, 5.41) is 2.89. The summed E-state index contributed by atoms with van der Waals surface area (Å²) in [4.78, 5) is 20.2. The smallest absolute Gasteiger partial charge is 0.251 e. The Labute approximate surface area is 125 Å². The number of carbonyl (C=O) groups excluding carboxylic acids is 1. The van der Waals surface area contributed by atoms with Gasteiger partial charge in [-0.1, -0.05) is 0 Å². The second-order valence-corrected chi connectivity index (χ2v) is 6.15. The Bertz CT molecular complexity index is 498. The van der Waals surface area contributed by atoms with Crippen LogP contribution in [0.5, 0.6) is 0 Å². The van der Waals surface area contributed by atoms with Crippen molar-refractivity contribution in [3.63, 3.8) is 0 Å². The molecule has 1 aliphatic rings. The van der Waals surface area contributed by atoms with Gasteiger partial charge in [-0.05, 0) is 27.0 Å². The van der Waals surface area contributed by atoms with Gasteiger partial charge >= 0.3 is 0 Å². The van der Waals surface area contributed by atoms with Gasteiger partial charge in [-0.25, -0.2) is 4.98 Å². The fourth-order valence-corrected chi connectivity index (χ4v) is 2.47. The maximum absolute atomic E-state index is 13.0. The van der Waals surface area contributed by atoms with Gasteiger partial charge in [0.15, 0.2) is 0 Å². The van der Waals surface area contributed by atoms with Crippen molar-refractivity contribution < 1.29 is 9.18 Å². The van der Waals surface area contributed by atoms with Crippen molar-refractivity contribution in [3.8, 4) is 0 Å². The Balaban J connectivity index is 1.90. The van der Waals surface area contributed by atoms with Crippen LogP contribution in [0.4, 0.5) is 4.39 Å². The molecule has 5 nitrogen and oxygen atoms in total. The molecule has 1 amide bonds. The second-order valence-electron chi connectivity index (χ2n) is 6.15. The molecule has 0 aliphatic carbocycles. The van der Waals surface area contributed by atoms with Crippen LogP contribution < -0.4 is 5.32 Å². The summed E-state index contributed by atoms with van der Waals surface area (Å²) in [6.07, 6.45) is 1.30. The lowest BCUT2D eigenvalue weighted by Crippen LogP contribution is -2.57. The summed E-state index contributed by atoms with van der Waals surface area (Å²) in [5.74, 6) is -0.903. The number of halogens is 1. The number of nitrogens with zero attached hydrogens (tertiary/aromatic N) is 3. The molecule has 0 radical (unpaired) electrons. The van der Waals surface area contributed by atoms with Gasteiger partial charge in [0, 0.05) is 56.1 Å². The summed E-state index contributed by atoms with van der Waals surface area (Å²) in [6, 6.07) is 2.67. The highest BCUT2D eigenvalue weighted by Gasteiger charge is 2.29. The van der Waals surface area contributed by atoms with E-state index in [1.165, 1.54) is 12.3 Å². The van der Waals surface area contributed by atoms with Crippen LogP contribution in [0.1, 0.15) is 24.2 Å². The van der Waals surface area contributed by atoms with Crippen LogP contribution in [-0.2, 0) is 0 Å². The van der Waals surface area contributed by atoms with Gasteiger partial charge in [0.1, 0.15) is 0 Å². The number of piperazine rings is 1. The van der Waals surface area contributed by atoms with Crippen LogP contribution in [0.15, 0.2) is 18.3 Å². The lowest BCUT2D eigenvalue weighted by atomic mass is 10.0. The maximum Gasteiger partial charge on any atom is 0.251 e. The minimum atomic E-state index is -0.638. The van der Waals surface area contributed by atoms with E-state index in [0.717, 1.165) is 32.2 Å². The first kappa shape index (κ1) is 15.9. The first-order valence-corrected chi connectivity index (χ1v) is 7.22. The van der Waals surface area contributed by atoms with Gasteiger partial charge in [-0.15, -0.1) is 0 Å². The molecular formula is C15H23FN4O. The van der Waals surface area contributed by atoms with E-state index < -0.39 is 5.95 Å². The molecule has 1 fully saturated rings. The van der Waals surface area contributed by atoms with E-state index >= 15 is 0 Å². The minimum Gasteiger partial charge on any atom is -0.350 e. The number of likely N-dealkylation sites (N-methyl/N-ethyl adjacent to an activating group) is 1. The number of amides is 1. The summed E-state index contributed by atoms with van der Waals surface area (Å²) >= 11 is 0. The number of hydrogen-bond donors (Lipinski definition) is 1. The van der Waals surface area contributed by atoms with Crippen LogP contribution in [0.2, 0.25) is 0 Å². The fourth-order valence-electron chi connectivity index (χ4n) is 2.47. The first-order valence-electron chi connectivity index (χ1n) is 7.22. The summed E-state index contributed by atoms with van der Waals surface area (Å²) in [5.41, 5.74) is 0.180. The van der Waals surface area contributed by atoms with Crippen molar-refractivity contribution in [3.05, 3.63) is 29.8 Å². The van der Waals surface area contributed by atoms with E-state index in [0.29, 0.717) is 12.1 Å². The minimum absolute atomic E-state index is 0.123. The lowest BCUT2D eigenvalue weighted by molar-refractivity contribution is 0.0588. The van der Waals surface area contributed by atoms with Crippen molar-refractivity contribution in [2.24, 2.45) is 0 Å². The highest BCUT2D eigenvalue weighted by atomic mass is 19.1. The van der Waals surface area contributed by atoms with Crippen LogP contribution in [0.3, 0.4) is 0 Å². The quantitative estimate of drug-likeness (QED) is 0.841. The molecule has 2 rings (SSSR count). The number of rotatable bonds is 4. The third kappa shape index (κ3) is 4.22. The van der Waals surface area contributed by atoms with Gasteiger partial charge < -0.3 is 10.2 Å². The largest absolute Gasteiger partial charge is 0.350 e. The molecule has 0 spiro atoms. The normalized spacial score (nSPS) is 17.7. The summed E-state index contributed by atoms with van der Waals surface area (Å²) in [6.45, 7) is 8.81. The predicted octanol–water partition coefficient (Wildman–Crippen LogP) is 0.976. The average Bonchev–Trinajstić information content (AvgIpc) is 2.45. The Morgan fingerprint density at radius 3 is 2.67 bits per heavy atom. The fraction of sp³-hybridized carbons (Fsp3) is 0.600. The Morgan fingerprint density at radius 2 is 2.05 bits per heavy atom. The van der Waals surface area contributed by atoms with Gasteiger partial charge in [0.2, 0.25) is 5.95 Å². The Kier molecular flexibility index (Phi) is 4.90. The van der Waals surface area contributed by atoms with Crippen molar-refractivity contribution in [1.82, 2.24) is 20.1 Å². The Morgan fingerprint density at radius 1 is 1.38 bits per heavy atom. The number of aromatic nitrogens is 1. The molecule has 0 bridgehead atoms. The highest BCUT2D eigenvalue weighted by Crippen LogP contribution is 2.16. The molecule has 0 aromatic carbocycles. The molecule has 2 heterocycles. The van der Waals surface area contributed by atoms with E-state index in [4.69, 9.17) is 0 Å². The zero-order valence-electron chi connectivity index (χ0n) is 12.9. The van der Waals surface area contributed by atoms with Crippen molar-refractivity contribution >= 4 is 5.91 Å². The standard InChI is InChI=1S/C15H23FN4O/c1-15(2,20-8-6-19(3)7-9-20)11-18-14(21)12-4-5-17-13(16)10-12/h4-5,10H,6-9,11H2,1-3H3,(H,18,21). The predicted molar refractivity (Wildman–Crippen MR) is 79.7 cm³/mol. The molecule has 0 unspecified atom stereocenters. The summed E-state index contributed by atoms with van der Waals surface area (Å²) < 4.78 is 13.0.